The smallest absolute Gasteiger partial charge is 0.312 e. The quantitative estimate of drug-likeness (QED) is 0.228. The van der Waals surface area contributed by atoms with Crippen LogP contribution in [0.3, 0.4) is 0 Å². The molecule has 0 fully saturated rings. The van der Waals surface area contributed by atoms with Crippen molar-refractivity contribution >= 4 is 11.7 Å². The Morgan fingerprint density at radius 3 is 2.52 bits per heavy atom. The van der Waals surface area contributed by atoms with Crippen molar-refractivity contribution in [2.75, 3.05) is 13.2 Å². The second-order valence-electron chi connectivity index (χ2n) is 7.79. The van der Waals surface area contributed by atoms with Crippen LogP contribution in [0.25, 0.3) is 11.5 Å². The van der Waals surface area contributed by atoms with E-state index in [1.54, 1.807) is 6.92 Å². The number of hydrogen-bond donors (Lipinski definition) is 1. The molecule has 0 amide bonds. The number of oxime groups is 1. The van der Waals surface area contributed by atoms with E-state index in [4.69, 9.17) is 14.0 Å². The number of aryl methyl sites for hydroxylation is 1. The highest BCUT2D eigenvalue weighted by molar-refractivity contribution is 6.00. The fourth-order valence-corrected chi connectivity index (χ4v) is 3.30. The van der Waals surface area contributed by atoms with E-state index in [9.17, 15) is 9.90 Å². The molecule has 1 aromatic heterocycles. The average Bonchev–Trinajstić information content (AvgIpc) is 3.19. The molecular weight excluding hydrogens is 420 g/mol. The lowest BCUT2D eigenvalue weighted by atomic mass is 9.95. The maximum Gasteiger partial charge on any atom is 0.312 e. The minimum Gasteiger partial charge on any atom is -0.493 e. The second-order valence-corrected chi connectivity index (χ2v) is 7.79. The highest BCUT2D eigenvalue weighted by atomic mass is 16.6. The highest BCUT2D eigenvalue weighted by Gasteiger charge is 2.22. The fourth-order valence-electron chi connectivity index (χ4n) is 3.30. The van der Waals surface area contributed by atoms with E-state index in [0.717, 1.165) is 29.0 Å². The van der Waals surface area contributed by atoms with Crippen LogP contribution in [0.2, 0.25) is 0 Å². The molecule has 1 N–H and O–H groups in total. The van der Waals surface area contributed by atoms with Crippen LogP contribution in [0.4, 0.5) is 0 Å². The summed E-state index contributed by atoms with van der Waals surface area (Å²) in [5, 5.41) is 13.5. The molecule has 0 radical (unpaired) electrons. The standard InChI is InChI=1S/C26H30N2O5/c1-4-15-32-28-18(2)23(26(29)30)17-20-10-12-22(13-11-20)31-16-14-24-19(3)33-25(27-24)21-8-6-5-7-9-21/h5-13,23H,4,14-17H2,1-3H3,(H,29,30)/b28-18+. The van der Waals surface area contributed by atoms with Gasteiger partial charge in [0.25, 0.3) is 0 Å². The van der Waals surface area contributed by atoms with Crippen molar-refractivity contribution in [3.63, 3.8) is 0 Å². The van der Waals surface area contributed by atoms with E-state index < -0.39 is 11.9 Å². The van der Waals surface area contributed by atoms with Gasteiger partial charge in [0.15, 0.2) is 0 Å². The van der Waals surface area contributed by atoms with Gasteiger partial charge in [-0.05, 0) is 56.5 Å². The normalized spacial score (nSPS) is 12.4. The molecule has 7 heteroatoms. The lowest BCUT2D eigenvalue weighted by Gasteiger charge is -2.13. The summed E-state index contributed by atoms with van der Waals surface area (Å²) in [6.45, 7) is 6.48. The molecule has 1 unspecified atom stereocenters. The van der Waals surface area contributed by atoms with Crippen molar-refractivity contribution in [3.8, 4) is 17.2 Å². The van der Waals surface area contributed by atoms with Crippen molar-refractivity contribution in [1.82, 2.24) is 4.98 Å². The van der Waals surface area contributed by atoms with Gasteiger partial charge < -0.3 is 19.1 Å². The van der Waals surface area contributed by atoms with Crippen LogP contribution in [0, 0.1) is 12.8 Å². The second kappa shape index (κ2) is 11.9. The summed E-state index contributed by atoms with van der Waals surface area (Å²) in [5.74, 6) is 0.454. The molecule has 0 aliphatic rings. The van der Waals surface area contributed by atoms with E-state index in [1.807, 2.05) is 68.4 Å². The third-order valence-electron chi connectivity index (χ3n) is 5.19. The molecular formula is C26H30N2O5. The summed E-state index contributed by atoms with van der Waals surface area (Å²) in [4.78, 5) is 21.4. The highest BCUT2D eigenvalue weighted by Crippen LogP contribution is 2.22. The Labute approximate surface area is 194 Å². The van der Waals surface area contributed by atoms with Gasteiger partial charge in [0.05, 0.1) is 18.0 Å². The molecule has 33 heavy (non-hydrogen) atoms. The van der Waals surface area contributed by atoms with Gasteiger partial charge in [-0.15, -0.1) is 0 Å². The molecule has 1 heterocycles. The molecule has 3 rings (SSSR count). The molecule has 0 saturated carbocycles. The number of oxazole rings is 1. The number of aliphatic carboxylic acids is 1. The third-order valence-corrected chi connectivity index (χ3v) is 5.19. The lowest BCUT2D eigenvalue weighted by molar-refractivity contribution is -0.139. The summed E-state index contributed by atoms with van der Waals surface area (Å²) < 4.78 is 11.7. The Kier molecular flexibility index (Phi) is 8.63. The molecule has 7 nitrogen and oxygen atoms in total. The summed E-state index contributed by atoms with van der Waals surface area (Å²) in [6, 6.07) is 17.2. The zero-order chi connectivity index (χ0) is 23.6. The van der Waals surface area contributed by atoms with Crippen LogP contribution >= 0.6 is 0 Å². The van der Waals surface area contributed by atoms with Gasteiger partial charge in [0.1, 0.15) is 24.0 Å². The Morgan fingerprint density at radius 1 is 1.12 bits per heavy atom. The first-order chi connectivity index (χ1) is 16.0. The van der Waals surface area contributed by atoms with Crippen molar-refractivity contribution in [3.05, 3.63) is 71.6 Å². The minimum absolute atomic E-state index is 0.334. The van der Waals surface area contributed by atoms with Gasteiger partial charge in [-0.3, -0.25) is 4.79 Å². The molecule has 174 valence electrons. The largest absolute Gasteiger partial charge is 0.493 e. The number of carbonyl (C=O) groups is 1. The first-order valence-corrected chi connectivity index (χ1v) is 11.1. The van der Waals surface area contributed by atoms with Crippen LogP contribution in [0.1, 0.15) is 37.3 Å². The first kappa shape index (κ1) is 24.0. The lowest BCUT2D eigenvalue weighted by Crippen LogP contribution is -2.24. The van der Waals surface area contributed by atoms with E-state index in [0.29, 0.717) is 43.4 Å². The van der Waals surface area contributed by atoms with Gasteiger partial charge in [-0.1, -0.05) is 42.4 Å². The van der Waals surface area contributed by atoms with Gasteiger partial charge in [-0.25, -0.2) is 4.98 Å². The van der Waals surface area contributed by atoms with Crippen LogP contribution in [-0.4, -0.2) is 35.0 Å². The maximum atomic E-state index is 11.7. The van der Waals surface area contributed by atoms with E-state index in [-0.39, 0.29) is 0 Å². The topological polar surface area (TPSA) is 94.2 Å². The molecule has 0 saturated heterocycles. The van der Waals surface area contributed by atoms with Crippen molar-refractivity contribution in [1.29, 1.82) is 0 Å². The number of ether oxygens (including phenoxy) is 1. The summed E-state index contributed by atoms with van der Waals surface area (Å²) in [5.41, 5.74) is 3.16. The molecule has 0 bridgehead atoms. The number of nitrogens with zero attached hydrogens (tertiary/aromatic N) is 2. The monoisotopic (exact) mass is 450 g/mol. The van der Waals surface area contributed by atoms with Crippen LogP contribution in [-0.2, 0) is 22.5 Å². The van der Waals surface area contributed by atoms with E-state index in [2.05, 4.69) is 10.1 Å². The summed E-state index contributed by atoms with van der Waals surface area (Å²) >= 11 is 0. The fraction of sp³-hybridized carbons (Fsp3) is 0.346. The first-order valence-electron chi connectivity index (χ1n) is 11.1. The molecule has 2 aromatic carbocycles. The molecule has 3 aromatic rings. The minimum atomic E-state index is -0.922. The number of hydrogen-bond acceptors (Lipinski definition) is 6. The Balaban J connectivity index is 1.54. The van der Waals surface area contributed by atoms with Gasteiger partial charge >= 0.3 is 5.97 Å². The Bertz CT molecular complexity index is 1060. The summed E-state index contributed by atoms with van der Waals surface area (Å²) in [6.07, 6.45) is 1.78. The predicted molar refractivity (Wildman–Crippen MR) is 126 cm³/mol. The van der Waals surface area contributed by atoms with Crippen LogP contribution < -0.4 is 4.74 Å². The number of rotatable bonds is 12. The molecule has 0 spiro atoms. The average molecular weight is 451 g/mol. The van der Waals surface area contributed by atoms with Crippen molar-refractivity contribution < 1.29 is 23.9 Å². The van der Waals surface area contributed by atoms with Crippen LogP contribution in [0.15, 0.2) is 64.2 Å². The number of benzene rings is 2. The molecule has 0 aliphatic heterocycles. The predicted octanol–water partition coefficient (Wildman–Crippen LogP) is 5.32. The Hall–Kier alpha value is -3.61. The Morgan fingerprint density at radius 2 is 1.85 bits per heavy atom. The zero-order valence-corrected chi connectivity index (χ0v) is 19.3. The van der Waals surface area contributed by atoms with Gasteiger partial charge in [0, 0.05) is 12.0 Å². The van der Waals surface area contributed by atoms with Crippen molar-refractivity contribution in [2.45, 2.75) is 40.0 Å². The maximum absolute atomic E-state index is 11.7. The van der Waals surface area contributed by atoms with E-state index in [1.165, 1.54) is 0 Å². The SMILES string of the molecule is CCCO/N=C(\C)C(Cc1ccc(OCCc2nc(-c3ccccc3)oc2C)cc1)C(=O)O. The number of carboxylic acid groups (broad SMARTS) is 1. The van der Waals surface area contributed by atoms with Crippen LogP contribution in [0.5, 0.6) is 5.75 Å². The number of aromatic nitrogens is 1. The zero-order valence-electron chi connectivity index (χ0n) is 19.3. The van der Waals surface area contributed by atoms with E-state index >= 15 is 0 Å². The molecule has 1 atom stereocenters. The van der Waals surface area contributed by atoms with Gasteiger partial charge in [-0.2, -0.15) is 0 Å². The molecule has 0 aliphatic carbocycles. The summed E-state index contributed by atoms with van der Waals surface area (Å²) in [7, 11) is 0. The van der Waals surface area contributed by atoms with Crippen molar-refractivity contribution in [2.24, 2.45) is 11.1 Å². The van der Waals surface area contributed by atoms with Gasteiger partial charge in [0.2, 0.25) is 5.89 Å². The number of carboxylic acids is 1. The third kappa shape index (κ3) is 6.94.